The molecule has 0 atom stereocenters. The van der Waals surface area contributed by atoms with Gasteiger partial charge < -0.3 is 15.6 Å². The summed E-state index contributed by atoms with van der Waals surface area (Å²) in [6.07, 6.45) is 0.860. The molecule has 0 bridgehead atoms. The summed E-state index contributed by atoms with van der Waals surface area (Å²) in [5.74, 6) is -0.832. The van der Waals surface area contributed by atoms with Crippen LogP contribution in [0.1, 0.15) is 29.5 Å². The minimum Gasteiger partial charge on any atom is -0.378 e. The Bertz CT molecular complexity index is 1200. The average Bonchev–Trinajstić information content (AvgIpc) is 3.04. The van der Waals surface area contributed by atoms with E-state index < -0.39 is 21.7 Å². The van der Waals surface area contributed by atoms with E-state index in [2.05, 4.69) is 10.3 Å². The minimum atomic E-state index is -3.57. The quantitative estimate of drug-likeness (QED) is 0.567. The van der Waals surface area contributed by atoms with Crippen molar-refractivity contribution in [1.29, 1.82) is 0 Å². The summed E-state index contributed by atoms with van der Waals surface area (Å²) in [6, 6.07) is 8.92. The van der Waals surface area contributed by atoms with Crippen LogP contribution in [-0.4, -0.2) is 42.3 Å². The number of halogens is 1. The van der Waals surface area contributed by atoms with Crippen molar-refractivity contribution in [3.05, 3.63) is 53.6 Å². The zero-order valence-corrected chi connectivity index (χ0v) is 17.8. The molecule has 1 heterocycles. The van der Waals surface area contributed by atoms with Crippen molar-refractivity contribution >= 4 is 32.7 Å². The first-order valence-electron chi connectivity index (χ1n) is 9.40. The molecule has 0 aliphatic carbocycles. The van der Waals surface area contributed by atoms with E-state index in [-0.39, 0.29) is 10.5 Å². The van der Waals surface area contributed by atoms with Gasteiger partial charge in [0.05, 0.1) is 28.0 Å². The first kappa shape index (κ1) is 21.7. The molecule has 3 aromatic rings. The highest BCUT2D eigenvalue weighted by molar-refractivity contribution is 7.89. The van der Waals surface area contributed by atoms with Crippen molar-refractivity contribution in [2.24, 2.45) is 5.73 Å². The minimum absolute atomic E-state index is 0.172. The van der Waals surface area contributed by atoms with Gasteiger partial charge in [-0.3, -0.25) is 4.79 Å². The predicted molar refractivity (Wildman–Crippen MR) is 113 cm³/mol. The largest absolute Gasteiger partial charge is 0.378 e. The first-order chi connectivity index (χ1) is 14.1. The Labute approximate surface area is 174 Å². The molecule has 0 radical (unpaired) electrons. The zero-order chi connectivity index (χ0) is 22.1. The second kappa shape index (κ2) is 8.41. The highest BCUT2D eigenvalue weighted by Crippen LogP contribution is 2.23. The number of amides is 1. The van der Waals surface area contributed by atoms with Gasteiger partial charge in [-0.25, -0.2) is 22.1 Å². The maximum absolute atomic E-state index is 13.7. The summed E-state index contributed by atoms with van der Waals surface area (Å²) in [6.45, 7) is 3.03. The third kappa shape index (κ3) is 4.14. The van der Waals surface area contributed by atoms with Crippen molar-refractivity contribution in [2.75, 3.05) is 19.4 Å². The highest BCUT2D eigenvalue weighted by atomic mass is 32.2. The monoisotopic (exact) mass is 433 g/mol. The topological polar surface area (TPSA) is 110 Å². The smallest absolute Gasteiger partial charge is 0.251 e. The van der Waals surface area contributed by atoms with Gasteiger partial charge in [-0.2, -0.15) is 0 Å². The van der Waals surface area contributed by atoms with Gasteiger partial charge in [-0.1, -0.05) is 6.92 Å². The number of hydrogen-bond acceptors (Lipinski definition) is 5. The van der Waals surface area contributed by atoms with Crippen molar-refractivity contribution in [2.45, 2.75) is 31.3 Å². The van der Waals surface area contributed by atoms with E-state index in [1.807, 2.05) is 11.5 Å². The average molecular weight is 434 g/mol. The van der Waals surface area contributed by atoms with Crippen molar-refractivity contribution in [3.8, 4) is 0 Å². The number of fused-ring (bicyclic) bond motifs is 1. The lowest BCUT2D eigenvalue weighted by Gasteiger charge is -2.12. The van der Waals surface area contributed by atoms with Crippen molar-refractivity contribution in [1.82, 2.24) is 13.9 Å². The number of nitrogens with two attached hydrogens (primary N) is 1. The molecule has 0 unspecified atom stereocenters. The lowest BCUT2D eigenvalue weighted by atomic mass is 10.2. The van der Waals surface area contributed by atoms with Crippen LogP contribution < -0.4 is 11.1 Å². The van der Waals surface area contributed by atoms with Crippen LogP contribution in [0.15, 0.2) is 41.3 Å². The molecule has 0 saturated carbocycles. The SMILES string of the molecule is CCCn1c(CNc2ccc(F)c(C(N)=O)c2)nc2cc(S(=O)(=O)N(C)C)ccc21. The summed E-state index contributed by atoms with van der Waals surface area (Å²) in [5.41, 5.74) is 6.92. The molecule has 3 N–H and O–H groups in total. The number of imidazole rings is 1. The van der Waals surface area contributed by atoms with E-state index in [1.165, 1.54) is 32.3 Å². The van der Waals surface area contributed by atoms with Crippen molar-refractivity contribution < 1.29 is 17.6 Å². The van der Waals surface area contributed by atoms with Crippen LogP contribution in [0.2, 0.25) is 0 Å². The molecular formula is C20H24FN5O3S. The molecule has 8 nitrogen and oxygen atoms in total. The van der Waals surface area contributed by atoms with Gasteiger partial charge in [0.2, 0.25) is 10.0 Å². The summed E-state index contributed by atoms with van der Waals surface area (Å²) in [4.78, 5) is 16.1. The number of carbonyl (C=O) groups is 1. The second-order valence-corrected chi connectivity index (χ2v) is 9.18. The summed E-state index contributed by atoms with van der Waals surface area (Å²) >= 11 is 0. The molecule has 0 spiro atoms. The lowest BCUT2D eigenvalue weighted by molar-refractivity contribution is 0.0996. The molecule has 3 rings (SSSR count). The van der Waals surface area contributed by atoms with Gasteiger partial charge in [0.15, 0.2) is 0 Å². The lowest BCUT2D eigenvalue weighted by Crippen LogP contribution is -2.22. The Morgan fingerprint density at radius 1 is 1.23 bits per heavy atom. The third-order valence-corrected chi connectivity index (χ3v) is 6.52. The molecule has 0 fully saturated rings. The molecule has 2 aromatic carbocycles. The van der Waals surface area contributed by atoms with Gasteiger partial charge >= 0.3 is 0 Å². The van der Waals surface area contributed by atoms with Gasteiger partial charge in [0, 0.05) is 26.3 Å². The molecule has 1 aromatic heterocycles. The normalized spacial score (nSPS) is 11.9. The molecule has 1 amide bonds. The number of sulfonamides is 1. The van der Waals surface area contributed by atoms with Crippen LogP contribution >= 0.6 is 0 Å². The van der Waals surface area contributed by atoms with E-state index in [0.29, 0.717) is 30.1 Å². The Balaban J connectivity index is 1.96. The zero-order valence-electron chi connectivity index (χ0n) is 17.0. The Hall–Kier alpha value is -2.98. The van der Waals surface area contributed by atoms with Crippen LogP contribution in [-0.2, 0) is 23.1 Å². The predicted octanol–water partition coefficient (Wildman–Crippen LogP) is 2.55. The van der Waals surface area contributed by atoms with Crippen LogP contribution in [0.5, 0.6) is 0 Å². The number of nitrogens with zero attached hydrogens (tertiary/aromatic N) is 3. The second-order valence-electron chi connectivity index (χ2n) is 7.03. The number of anilines is 1. The number of hydrogen-bond donors (Lipinski definition) is 2. The molecule has 0 aliphatic rings. The van der Waals surface area contributed by atoms with Crippen LogP contribution in [0.3, 0.4) is 0 Å². The third-order valence-electron chi connectivity index (χ3n) is 4.71. The number of rotatable bonds is 8. The number of primary amides is 1. The number of carbonyl (C=O) groups excluding carboxylic acids is 1. The Kier molecular flexibility index (Phi) is 6.09. The number of aryl methyl sites for hydroxylation is 1. The van der Waals surface area contributed by atoms with Gasteiger partial charge in [-0.05, 0) is 42.8 Å². The van der Waals surface area contributed by atoms with Gasteiger partial charge in [0.25, 0.3) is 5.91 Å². The Morgan fingerprint density at radius 2 is 1.97 bits per heavy atom. The fraction of sp³-hybridized carbons (Fsp3) is 0.300. The molecule has 30 heavy (non-hydrogen) atoms. The fourth-order valence-corrected chi connectivity index (χ4v) is 4.07. The molecule has 10 heteroatoms. The van der Waals surface area contributed by atoms with E-state index in [0.717, 1.165) is 16.2 Å². The standard InChI is InChI=1S/C20H24FN5O3S/c1-4-9-26-18-8-6-14(30(28,29)25(2)3)11-17(18)24-19(26)12-23-13-5-7-16(21)15(10-13)20(22)27/h5-8,10-11,23H,4,9,12H2,1-3H3,(H2,22,27). The number of aromatic nitrogens is 2. The van der Waals surface area contributed by atoms with E-state index >= 15 is 0 Å². The Morgan fingerprint density at radius 3 is 2.60 bits per heavy atom. The summed E-state index contributed by atoms with van der Waals surface area (Å²) in [5, 5.41) is 3.12. The van der Waals surface area contributed by atoms with Crippen LogP contribution in [0.4, 0.5) is 10.1 Å². The van der Waals surface area contributed by atoms with Crippen LogP contribution in [0, 0.1) is 5.82 Å². The summed E-state index contributed by atoms with van der Waals surface area (Å²) in [7, 11) is -0.608. The molecule has 0 saturated heterocycles. The number of benzene rings is 2. The first-order valence-corrected chi connectivity index (χ1v) is 10.8. The van der Waals surface area contributed by atoms with E-state index in [9.17, 15) is 17.6 Å². The van der Waals surface area contributed by atoms with Gasteiger partial charge in [-0.15, -0.1) is 0 Å². The number of nitrogens with one attached hydrogen (secondary N) is 1. The van der Waals surface area contributed by atoms with Gasteiger partial charge in [0.1, 0.15) is 11.6 Å². The molecule has 160 valence electrons. The highest BCUT2D eigenvalue weighted by Gasteiger charge is 2.19. The summed E-state index contributed by atoms with van der Waals surface area (Å²) < 4.78 is 41.7. The molecule has 0 aliphatic heterocycles. The fourth-order valence-electron chi connectivity index (χ4n) is 3.14. The maximum Gasteiger partial charge on any atom is 0.251 e. The van der Waals surface area contributed by atoms with Crippen LogP contribution in [0.25, 0.3) is 11.0 Å². The molecular weight excluding hydrogens is 409 g/mol. The maximum atomic E-state index is 13.7. The van der Waals surface area contributed by atoms with E-state index in [4.69, 9.17) is 5.73 Å². The van der Waals surface area contributed by atoms with E-state index in [1.54, 1.807) is 18.2 Å². The van der Waals surface area contributed by atoms with Crippen molar-refractivity contribution in [3.63, 3.8) is 0 Å².